The summed E-state index contributed by atoms with van der Waals surface area (Å²) in [5, 5.41) is 0.393. The third kappa shape index (κ3) is 5.86. The van der Waals surface area contributed by atoms with Crippen LogP contribution in [-0.2, 0) is 17.8 Å². The maximum Gasteiger partial charge on any atom is 0.298 e. The molecule has 0 aliphatic carbocycles. The van der Waals surface area contributed by atoms with Crippen molar-refractivity contribution in [2.45, 2.75) is 32.8 Å². The Morgan fingerprint density at radius 2 is 1.70 bits per heavy atom. The largest absolute Gasteiger partial charge is 0.489 e. The van der Waals surface area contributed by atoms with Gasteiger partial charge < -0.3 is 4.74 Å². The van der Waals surface area contributed by atoms with E-state index in [0.29, 0.717) is 28.0 Å². The molecule has 0 radical (unpaired) electrons. The van der Waals surface area contributed by atoms with Crippen molar-refractivity contribution >= 4 is 46.3 Å². The molecule has 1 aliphatic rings. The lowest BCUT2D eigenvalue weighted by Crippen LogP contribution is -2.27. The number of hydrogen-bond donors (Lipinski definition) is 0. The zero-order chi connectivity index (χ0) is 23.2. The number of anilines is 1. The summed E-state index contributed by atoms with van der Waals surface area (Å²) in [6.45, 7) is 2.56. The summed E-state index contributed by atoms with van der Waals surface area (Å²) < 4.78 is 5.87. The lowest BCUT2D eigenvalue weighted by atomic mass is 10.1. The number of benzene rings is 3. The van der Waals surface area contributed by atoms with Crippen LogP contribution in [-0.4, -0.2) is 11.1 Å². The third-order valence-electron chi connectivity index (χ3n) is 5.28. The number of ether oxygens (including phenoxy) is 1. The van der Waals surface area contributed by atoms with E-state index in [-0.39, 0.29) is 11.1 Å². The molecule has 168 valence electrons. The number of thioether (sulfide) groups is 1. The summed E-state index contributed by atoms with van der Waals surface area (Å²) in [6.07, 6.45) is 4.97. The molecule has 0 atom stereocenters. The van der Waals surface area contributed by atoms with Gasteiger partial charge in [0.05, 0.1) is 10.6 Å². The highest BCUT2D eigenvalue weighted by atomic mass is 35.5. The van der Waals surface area contributed by atoms with Gasteiger partial charge in [0.25, 0.3) is 11.1 Å². The smallest absolute Gasteiger partial charge is 0.298 e. The van der Waals surface area contributed by atoms with E-state index in [1.807, 2.05) is 72.8 Å². The van der Waals surface area contributed by atoms with Gasteiger partial charge in [-0.05, 0) is 83.8 Å². The number of hydrogen-bond acceptors (Lipinski definition) is 4. The molecule has 0 unspecified atom stereocenters. The number of nitrogens with zero attached hydrogens (tertiary/aromatic N) is 1. The van der Waals surface area contributed by atoms with Gasteiger partial charge in [0, 0.05) is 5.02 Å². The first-order chi connectivity index (χ1) is 16.0. The van der Waals surface area contributed by atoms with Crippen LogP contribution in [0, 0.1) is 0 Å². The molecule has 4 rings (SSSR count). The lowest BCUT2D eigenvalue weighted by Gasteiger charge is -2.13. The second-order valence-electron chi connectivity index (χ2n) is 7.77. The van der Waals surface area contributed by atoms with Crippen molar-refractivity contribution in [1.82, 2.24) is 0 Å². The first-order valence-corrected chi connectivity index (χ1v) is 12.1. The van der Waals surface area contributed by atoms with Crippen LogP contribution >= 0.6 is 23.4 Å². The molecule has 0 bridgehead atoms. The van der Waals surface area contributed by atoms with E-state index >= 15 is 0 Å². The summed E-state index contributed by atoms with van der Waals surface area (Å²) in [5.74, 6) is 0.374. The van der Waals surface area contributed by atoms with Crippen LogP contribution < -0.4 is 9.64 Å². The predicted octanol–water partition coefficient (Wildman–Crippen LogP) is 7.50. The maximum absolute atomic E-state index is 13.0. The van der Waals surface area contributed by atoms with Gasteiger partial charge in [0.15, 0.2) is 0 Å². The van der Waals surface area contributed by atoms with Crippen molar-refractivity contribution in [3.8, 4) is 5.75 Å². The molecule has 1 fully saturated rings. The van der Waals surface area contributed by atoms with Gasteiger partial charge in [-0.1, -0.05) is 61.3 Å². The van der Waals surface area contributed by atoms with Gasteiger partial charge in [-0.15, -0.1) is 0 Å². The second kappa shape index (κ2) is 10.7. The average molecular weight is 478 g/mol. The highest BCUT2D eigenvalue weighted by Gasteiger charge is 2.36. The Bertz CT molecular complexity index is 1170. The van der Waals surface area contributed by atoms with Gasteiger partial charge >= 0.3 is 0 Å². The molecule has 0 N–H and O–H groups in total. The number of amides is 2. The predicted molar refractivity (Wildman–Crippen MR) is 136 cm³/mol. The minimum absolute atomic E-state index is 0.289. The summed E-state index contributed by atoms with van der Waals surface area (Å²) in [4.78, 5) is 27.2. The summed E-state index contributed by atoms with van der Waals surface area (Å²) in [5.41, 5.74) is 3.61. The molecule has 3 aromatic rings. The normalized spacial score (nSPS) is 14.8. The standard InChI is InChI=1S/C27H24ClNO3S/c1-2-3-5-19-10-14-23(15-11-19)29-26(30)25(33-27(29)31)17-21-6-4-7-24(16-21)32-18-20-8-12-22(28)13-9-20/h4,6-17H,2-3,5,18H2,1H3/b25-17-. The van der Waals surface area contributed by atoms with Gasteiger partial charge in [-0.25, -0.2) is 4.90 Å². The van der Waals surface area contributed by atoms with E-state index < -0.39 is 0 Å². The van der Waals surface area contributed by atoms with Gasteiger partial charge in [0.1, 0.15) is 12.4 Å². The Morgan fingerprint density at radius 3 is 2.42 bits per heavy atom. The van der Waals surface area contributed by atoms with E-state index in [0.717, 1.165) is 42.2 Å². The molecule has 1 heterocycles. The highest BCUT2D eigenvalue weighted by Crippen LogP contribution is 2.36. The first-order valence-electron chi connectivity index (χ1n) is 10.9. The molecule has 6 heteroatoms. The Labute approximate surface area is 203 Å². The lowest BCUT2D eigenvalue weighted by molar-refractivity contribution is -0.113. The summed E-state index contributed by atoms with van der Waals surface area (Å²) in [7, 11) is 0. The maximum atomic E-state index is 13.0. The van der Waals surface area contributed by atoms with Crippen LogP contribution in [0.3, 0.4) is 0 Å². The quantitative estimate of drug-likeness (QED) is 0.315. The number of unbranched alkanes of at least 4 members (excludes halogenated alkanes) is 1. The molecular weight excluding hydrogens is 454 g/mol. The number of carbonyl (C=O) groups is 2. The van der Waals surface area contributed by atoms with Crippen LogP contribution in [0.1, 0.15) is 36.5 Å². The number of halogens is 1. The molecule has 0 spiro atoms. The van der Waals surface area contributed by atoms with E-state index in [4.69, 9.17) is 16.3 Å². The van der Waals surface area contributed by atoms with Crippen LogP contribution in [0.25, 0.3) is 6.08 Å². The van der Waals surface area contributed by atoms with Crippen molar-refractivity contribution in [2.24, 2.45) is 0 Å². The van der Waals surface area contributed by atoms with Gasteiger partial charge in [0.2, 0.25) is 0 Å². The van der Waals surface area contributed by atoms with Gasteiger partial charge in [-0.3, -0.25) is 9.59 Å². The molecule has 0 aromatic heterocycles. The molecule has 0 saturated carbocycles. The number of aryl methyl sites for hydroxylation is 1. The number of rotatable bonds is 8. The molecule has 4 nitrogen and oxygen atoms in total. The fraction of sp³-hybridized carbons (Fsp3) is 0.185. The average Bonchev–Trinajstić information content (AvgIpc) is 3.10. The topological polar surface area (TPSA) is 46.6 Å². The van der Waals surface area contributed by atoms with Crippen molar-refractivity contribution in [3.63, 3.8) is 0 Å². The van der Waals surface area contributed by atoms with Crippen molar-refractivity contribution < 1.29 is 14.3 Å². The third-order valence-corrected chi connectivity index (χ3v) is 6.40. The SMILES string of the molecule is CCCCc1ccc(N2C(=O)S/C(=C\c3cccc(OCc4ccc(Cl)cc4)c3)C2=O)cc1. The fourth-order valence-electron chi connectivity index (χ4n) is 3.48. The molecule has 3 aromatic carbocycles. The molecule has 1 aliphatic heterocycles. The van der Waals surface area contributed by atoms with Crippen molar-refractivity contribution in [2.75, 3.05) is 4.90 Å². The second-order valence-corrected chi connectivity index (χ2v) is 9.20. The van der Waals surface area contributed by atoms with Crippen molar-refractivity contribution in [3.05, 3.63) is 99.4 Å². The monoisotopic (exact) mass is 477 g/mol. The van der Waals surface area contributed by atoms with Crippen LogP contribution in [0.5, 0.6) is 5.75 Å². The van der Waals surface area contributed by atoms with E-state index in [2.05, 4.69) is 6.92 Å². The Morgan fingerprint density at radius 1 is 0.970 bits per heavy atom. The summed E-state index contributed by atoms with van der Waals surface area (Å²) in [6, 6.07) is 22.6. The van der Waals surface area contributed by atoms with Crippen molar-refractivity contribution in [1.29, 1.82) is 0 Å². The van der Waals surface area contributed by atoms with E-state index in [1.54, 1.807) is 6.08 Å². The minimum Gasteiger partial charge on any atom is -0.489 e. The molecule has 1 saturated heterocycles. The highest BCUT2D eigenvalue weighted by molar-refractivity contribution is 8.19. The van der Waals surface area contributed by atoms with E-state index in [1.165, 1.54) is 10.5 Å². The van der Waals surface area contributed by atoms with Crippen LogP contribution in [0.15, 0.2) is 77.7 Å². The van der Waals surface area contributed by atoms with Crippen LogP contribution in [0.2, 0.25) is 5.02 Å². The Hall–Kier alpha value is -3.02. The first kappa shape index (κ1) is 23.1. The minimum atomic E-state index is -0.307. The van der Waals surface area contributed by atoms with Gasteiger partial charge in [-0.2, -0.15) is 0 Å². The molecule has 33 heavy (non-hydrogen) atoms. The summed E-state index contributed by atoms with van der Waals surface area (Å²) >= 11 is 6.88. The Balaban J connectivity index is 1.45. The zero-order valence-corrected chi connectivity index (χ0v) is 19.9. The number of carbonyl (C=O) groups excluding carboxylic acids is 2. The number of imide groups is 1. The zero-order valence-electron chi connectivity index (χ0n) is 18.3. The molecule has 2 amide bonds. The van der Waals surface area contributed by atoms with E-state index in [9.17, 15) is 9.59 Å². The Kier molecular flexibility index (Phi) is 7.53. The molecular formula is C27H24ClNO3S. The van der Waals surface area contributed by atoms with Crippen LogP contribution in [0.4, 0.5) is 10.5 Å². The fourth-order valence-corrected chi connectivity index (χ4v) is 4.44.